The van der Waals surface area contributed by atoms with Crippen molar-refractivity contribution in [2.75, 3.05) is 36.9 Å². The Morgan fingerprint density at radius 3 is 2.30 bits per heavy atom. The molecule has 0 bridgehead atoms. The van der Waals surface area contributed by atoms with Gasteiger partial charge < -0.3 is 14.4 Å². The van der Waals surface area contributed by atoms with Gasteiger partial charge in [0.1, 0.15) is 5.75 Å². The Morgan fingerprint density at radius 1 is 1.07 bits per heavy atom. The third kappa shape index (κ3) is 4.66. The van der Waals surface area contributed by atoms with E-state index in [9.17, 15) is 8.42 Å². The lowest BCUT2D eigenvalue weighted by Gasteiger charge is -2.33. The predicted molar refractivity (Wildman–Crippen MR) is 107 cm³/mol. The van der Waals surface area contributed by atoms with Crippen molar-refractivity contribution < 1.29 is 17.9 Å². The molecule has 0 aromatic heterocycles. The van der Waals surface area contributed by atoms with E-state index in [4.69, 9.17) is 21.1 Å². The van der Waals surface area contributed by atoms with Crippen molar-refractivity contribution in [3.8, 4) is 5.75 Å². The van der Waals surface area contributed by atoms with Crippen molar-refractivity contribution in [3.05, 3.63) is 47.5 Å². The van der Waals surface area contributed by atoms with E-state index < -0.39 is 10.0 Å². The molecule has 2 aromatic carbocycles. The van der Waals surface area contributed by atoms with Gasteiger partial charge in [0.15, 0.2) is 0 Å². The molecule has 0 spiro atoms. The van der Waals surface area contributed by atoms with Crippen LogP contribution in [0.2, 0.25) is 5.02 Å². The fraction of sp³-hybridized carbons (Fsp3) is 0.368. The summed E-state index contributed by atoms with van der Waals surface area (Å²) in [5.41, 5.74) is 1.57. The molecule has 0 radical (unpaired) electrons. The summed E-state index contributed by atoms with van der Waals surface area (Å²) in [6, 6.07) is 11.7. The normalized spacial score (nSPS) is 15.6. The van der Waals surface area contributed by atoms with Crippen LogP contribution in [0.25, 0.3) is 0 Å². The molecular weight excluding hydrogens is 388 g/mol. The van der Waals surface area contributed by atoms with Gasteiger partial charge in [-0.05, 0) is 55.3 Å². The maximum absolute atomic E-state index is 12.6. The number of sulfonamides is 1. The Balaban J connectivity index is 1.69. The van der Waals surface area contributed by atoms with E-state index in [1.54, 1.807) is 19.2 Å². The van der Waals surface area contributed by atoms with Crippen LogP contribution in [0.1, 0.15) is 12.8 Å². The van der Waals surface area contributed by atoms with Crippen molar-refractivity contribution in [1.82, 2.24) is 0 Å². The molecule has 1 saturated heterocycles. The second-order valence-corrected chi connectivity index (χ2v) is 8.46. The monoisotopic (exact) mass is 410 g/mol. The van der Waals surface area contributed by atoms with Crippen LogP contribution in [-0.2, 0) is 14.8 Å². The number of hydrogen-bond donors (Lipinski definition) is 1. The molecule has 1 aliphatic heterocycles. The summed E-state index contributed by atoms with van der Waals surface area (Å²) in [6.07, 6.45) is 2.30. The Kier molecular flexibility index (Phi) is 6.14. The first kappa shape index (κ1) is 19.8. The number of piperidine rings is 1. The lowest BCUT2D eigenvalue weighted by atomic mass is 10.1. The highest BCUT2D eigenvalue weighted by Crippen LogP contribution is 2.28. The largest absolute Gasteiger partial charge is 0.495 e. The quantitative estimate of drug-likeness (QED) is 0.785. The smallest absolute Gasteiger partial charge is 0.261 e. The number of benzene rings is 2. The summed E-state index contributed by atoms with van der Waals surface area (Å²) in [4.78, 5) is 2.36. The van der Waals surface area contributed by atoms with Crippen LogP contribution in [0.3, 0.4) is 0 Å². The van der Waals surface area contributed by atoms with Crippen molar-refractivity contribution in [2.45, 2.75) is 23.8 Å². The van der Waals surface area contributed by atoms with Gasteiger partial charge in [-0.25, -0.2) is 8.42 Å². The van der Waals surface area contributed by atoms with Gasteiger partial charge in [0, 0.05) is 31.6 Å². The first-order chi connectivity index (χ1) is 12.9. The predicted octanol–water partition coefficient (Wildman–Crippen LogP) is 3.76. The molecule has 1 fully saturated rings. The summed E-state index contributed by atoms with van der Waals surface area (Å²) in [5, 5.41) is 0.246. The lowest BCUT2D eigenvalue weighted by molar-refractivity contribution is 0.0819. The van der Waals surface area contributed by atoms with Gasteiger partial charge >= 0.3 is 0 Å². The molecule has 0 unspecified atom stereocenters. The van der Waals surface area contributed by atoms with E-state index in [1.807, 2.05) is 12.1 Å². The highest BCUT2D eigenvalue weighted by molar-refractivity contribution is 7.92. The van der Waals surface area contributed by atoms with Crippen molar-refractivity contribution in [1.29, 1.82) is 0 Å². The molecule has 1 N–H and O–H groups in total. The summed E-state index contributed by atoms with van der Waals surface area (Å²) in [6.45, 7) is 1.85. The summed E-state index contributed by atoms with van der Waals surface area (Å²) in [7, 11) is -0.503. The van der Waals surface area contributed by atoms with Crippen LogP contribution in [0.15, 0.2) is 47.4 Å². The SMILES string of the molecule is COc1ccc(S(=O)(=O)Nc2ccc(N3CCC(OC)CC3)cc2)cc1Cl. The van der Waals surface area contributed by atoms with Crippen LogP contribution >= 0.6 is 11.6 Å². The first-order valence-corrected chi connectivity index (χ1v) is 10.5. The third-order valence-electron chi connectivity index (χ3n) is 4.69. The molecule has 0 amide bonds. The molecule has 1 heterocycles. The Labute approximate surface area is 165 Å². The molecule has 2 aromatic rings. The second kappa shape index (κ2) is 8.37. The van der Waals surface area contributed by atoms with Gasteiger partial charge in [-0.3, -0.25) is 4.72 Å². The van der Waals surface area contributed by atoms with Gasteiger partial charge in [0.25, 0.3) is 10.0 Å². The Morgan fingerprint density at radius 2 is 1.74 bits per heavy atom. The maximum atomic E-state index is 12.6. The lowest BCUT2D eigenvalue weighted by Crippen LogP contribution is -2.36. The number of anilines is 2. The molecular formula is C19H23ClN2O4S. The van der Waals surface area contributed by atoms with E-state index in [-0.39, 0.29) is 9.92 Å². The number of nitrogens with zero attached hydrogens (tertiary/aromatic N) is 1. The standard InChI is InChI=1S/C19H23ClN2O4S/c1-25-16-9-11-22(12-10-16)15-5-3-14(4-6-15)21-27(23,24)17-7-8-19(26-2)18(20)13-17/h3-8,13,16,21H,9-12H2,1-2H3. The van der Waals surface area contributed by atoms with Crippen LogP contribution < -0.4 is 14.4 Å². The van der Waals surface area contributed by atoms with E-state index in [0.29, 0.717) is 17.5 Å². The number of methoxy groups -OCH3 is 2. The van der Waals surface area contributed by atoms with Crippen LogP contribution in [0.5, 0.6) is 5.75 Å². The number of ether oxygens (including phenoxy) is 2. The zero-order valence-corrected chi connectivity index (χ0v) is 16.9. The van der Waals surface area contributed by atoms with E-state index in [2.05, 4.69) is 9.62 Å². The minimum Gasteiger partial charge on any atom is -0.495 e. The van der Waals surface area contributed by atoms with Gasteiger partial charge in [-0.2, -0.15) is 0 Å². The molecule has 8 heteroatoms. The van der Waals surface area contributed by atoms with E-state index in [0.717, 1.165) is 31.6 Å². The minimum atomic E-state index is -3.73. The van der Waals surface area contributed by atoms with Crippen molar-refractivity contribution in [2.24, 2.45) is 0 Å². The molecule has 0 aliphatic carbocycles. The highest BCUT2D eigenvalue weighted by Gasteiger charge is 2.20. The zero-order valence-electron chi connectivity index (χ0n) is 15.3. The van der Waals surface area contributed by atoms with Crippen LogP contribution in [0.4, 0.5) is 11.4 Å². The van der Waals surface area contributed by atoms with Gasteiger partial charge in [-0.15, -0.1) is 0 Å². The van der Waals surface area contributed by atoms with Gasteiger partial charge in [0.05, 0.1) is 23.1 Å². The average Bonchev–Trinajstić information content (AvgIpc) is 2.68. The topological polar surface area (TPSA) is 67.9 Å². The highest BCUT2D eigenvalue weighted by atomic mass is 35.5. The van der Waals surface area contributed by atoms with E-state index >= 15 is 0 Å². The average molecular weight is 411 g/mol. The van der Waals surface area contributed by atoms with Crippen molar-refractivity contribution in [3.63, 3.8) is 0 Å². The molecule has 6 nitrogen and oxygen atoms in total. The number of halogens is 1. The molecule has 0 saturated carbocycles. The molecule has 146 valence electrons. The van der Waals surface area contributed by atoms with E-state index in [1.165, 1.54) is 25.3 Å². The van der Waals surface area contributed by atoms with Crippen LogP contribution in [-0.4, -0.2) is 41.8 Å². The second-order valence-electron chi connectivity index (χ2n) is 6.37. The first-order valence-electron chi connectivity index (χ1n) is 8.67. The molecule has 1 aliphatic rings. The molecule has 0 atom stereocenters. The zero-order chi connectivity index (χ0) is 19.4. The molecule has 3 rings (SSSR count). The summed E-state index contributed by atoms with van der Waals surface area (Å²) < 4.78 is 38.2. The number of rotatable bonds is 6. The summed E-state index contributed by atoms with van der Waals surface area (Å²) in [5.74, 6) is 0.428. The Bertz CT molecular complexity index is 879. The van der Waals surface area contributed by atoms with Crippen LogP contribution in [0, 0.1) is 0 Å². The molecule has 27 heavy (non-hydrogen) atoms. The fourth-order valence-electron chi connectivity index (χ4n) is 3.12. The maximum Gasteiger partial charge on any atom is 0.261 e. The van der Waals surface area contributed by atoms with Gasteiger partial charge in [-0.1, -0.05) is 11.6 Å². The fourth-order valence-corrected chi connectivity index (χ4v) is 4.53. The third-order valence-corrected chi connectivity index (χ3v) is 6.37. The van der Waals surface area contributed by atoms with Gasteiger partial charge in [0.2, 0.25) is 0 Å². The Hall–Kier alpha value is -1.96. The minimum absolute atomic E-state index is 0.0824. The number of nitrogens with one attached hydrogen (secondary N) is 1. The number of hydrogen-bond acceptors (Lipinski definition) is 5. The van der Waals surface area contributed by atoms with Crippen molar-refractivity contribution >= 4 is 33.0 Å². The summed E-state index contributed by atoms with van der Waals surface area (Å²) >= 11 is 6.03.